The SMILES string of the molecule is Cc1cccn1Cc1ccc(C(F)(F)F)nc1. The van der Waals surface area contributed by atoms with E-state index in [1.807, 2.05) is 29.8 Å². The molecule has 0 atom stereocenters. The number of halogens is 3. The molecule has 2 aromatic rings. The first-order valence-electron chi connectivity index (χ1n) is 5.11. The molecule has 0 unspecified atom stereocenters. The third-order valence-electron chi connectivity index (χ3n) is 2.52. The van der Waals surface area contributed by atoms with E-state index in [4.69, 9.17) is 0 Å². The first kappa shape index (κ1) is 11.7. The number of aromatic nitrogens is 2. The summed E-state index contributed by atoms with van der Waals surface area (Å²) in [7, 11) is 0. The first-order chi connectivity index (χ1) is 7.97. The largest absolute Gasteiger partial charge is 0.433 e. The van der Waals surface area contributed by atoms with Crippen molar-refractivity contribution in [2.75, 3.05) is 0 Å². The molecular formula is C12H11F3N2. The van der Waals surface area contributed by atoms with Gasteiger partial charge in [-0.15, -0.1) is 0 Å². The molecule has 2 aromatic heterocycles. The summed E-state index contributed by atoms with van der Waals surface area (Å²) in [5.74, 6) is 0. The van der Waals surface area contributed by atoms with Crippen molar-refractivity contribution in [1.82, 2.24) is 9.55 Å². The molecule has 0 aliphatic heterocycles. The highest BCUT2D eigenvalue weighted by molar-refractivity contribution is 5.17. The molecule has 90 valence electrons. The maximum absolute atomic E-state index is 12.3. The summed E-state index contributed by atoms with van der Waals surface area (Å²) in [5.41, 5.74) is 0.952. The normalized spacial score (nSPS) is 11.8. The van der Waals surface area contributed by atoms with Gasteiger partial charge in [-0.05, 0) is 30.7 Å². The molecule has 0 aromatic carbocycles. The lowest BCUT2D eigenvalue weighted by molar-refractivity contribution is -0.141. The van der Waals surface area contributed by atoms with Crippen LogP contribution in [0.15, 0.2) is 36.7 Å². The highest BCUT2D eigenvalue weighted by atomic mass is 19.4. The van der Waals surface area contributed by atoms with E-state index in [1.165, 1.54) is 12.3 Å². The number of alkyl halides is 3. The minimum absolute atomic E-state index is 0.532. The second kappa shape index (κ2) is 4.24. The zero-order chi connectivity index (χ0) is 12.5. The van der Waals surface area contributed by atoms with Gasteiger partial charge in [-0.3, -0.25) is 4.98 Å². The minimum Gasteiger partial charge on any atom is -0.347 e. The van der Waals surface area contributed by atoms with Crippen LogP contribution in [0.3, 0.4) is 0 Å². The van der Waals surface area contributed by atoms with E-state index in [0.717, 1.165) is 17.3 Å². The van der Waals surface area contributed by atoms with E-state index in [1.54, 1.807) is 0 Å². The van der Waals surface area contributed by atoms with Crippen LogP contribution in [0, 0.1) is 6.92 Å². The molecule has 0 radical (unpaired) electrons. The van der Waals surface area contributed by atoms with Gasteiger partial charge >= 0.3 is 6.18 Å². The van der Waals surface area contributed by atoms with E-state index in [9.17, 15) is 13.2 Å². The zero-order valence-corrected chi connectivity index (χ0v) is 9.20. The Morgan fingerprint density at radius 3 is 2.47 bits per heavy atom. The molecular weight excluding hydrogens is 229 g/mol. The summed E-state index contributed by atoms with van der Waals surface area (Å²) >= 11 is 0. The molecule has 0 aliphatic carbocycles. The van der Waals surface area contributed by atoms with Crippen LogP contribution >= 0.6 is 0 Å². The smallest absolute Gasteiger partial charge is 0.347 e. The van der Waals surface area contributed by atoms with Crippen LogP contribution in [0.5, 0.6) is 0 Å². The van der Waals surface area contributed by atoms with Gasteiger partial charge in [0.1, 0.15) is 5.69 Å². The Kier molecular flexibility index (Phi) is 2.92. The molecule has 2 heterocycles. The van der Waals surface area contributed by atoms with Crippen LogP contribution in [-0.4, -0.2) is 9.55 Å². The van der Waals surface area contributed by atoms with E-state index in [0.29, 0.717) is 6.54 Å². The lowest BCUT2D eigenvalue weighted by Gasteiger charge is -2.08. The molecule has 0 spiro atoms. The molecule has 5 heteroatoms. The van der Waals surface area contributed by atoms with E-state index in [-0.39, 0.29) is 0 Å². The molecule has 0 N–H and O–H groups in total. The second-order valence-corrected chi connectivity index (χ2v) is 3.83. The second-order valence-electron chi connectivity index (χ2n) is 3.83. The number of aryl methyl sites for hydroxylation is 1. The number of nitrogens with zero attached hydrogens (tertiary/aromatic N) is 2. The van der Waals surface area contributed by atoms with E-state index in [2.05, 4.69) is 4.98 Å². The summed E-state index contributed by atoms with van der Waals surface area (Å²) in [4.78, 5) is 3.42. The molecule has 0 fully saturated rings. The number of rotatable bonds is 2. The fourth-order valence-electron chi connectivity index (χ4n) is 1.56. The van der Waals surface area contributed by atoms with Crippen molar-refractivity contribution in [3.63, 3.8) is 0 Å². The molecule has 0 aliphatic rings. The Hall–Kier alpha value is -1.78. The fourth-order valence-corrected chi connectivity index (χ4v) is 1.56. The van der Waals surface area contributed by atoms with Gasteiger partial charge in [-0.25, -0.2) is 0 Å². The van der Waals surface area contributed by atoms with Crippen molar-refractivity contribution in [1.29, 1.82) is 0 Å². The highest BCUT2D eigenvalue weighted by Gasteiger charge is 2.31. The molecule has 2 rings (SSSR count). The Labute approximate surface area is 96.7 Å². The quantitative estimate of drug-likeness (QED) is 0.787. The van der Waals surface area contributed by atoms with E-state index >= 15 is 0 Å². The van der Waals surface area contributed by atoms with Gasteiger partial charge in [-0.1, -0.05) is 6.07 Å². The summed E-state index contributed by atoms with van der Waals surface area (Å²) in [5, 5.41) is 0. The van der Waals surface area contributed by atoms with Crippen LogP contribution in [0.25, 0.3) is 0 Å². The summed E-state index contributed by atoms with van der Waals surface area (Å²) < 4.78 is 38.8. The summed E-state index contributed by atoms with van der Waals surface area (Å²) in [6.45, 7) is 2.47. The topological polar surface area (TPSA) is 17.8 Å². The van der Waals surface area contributed by atoms with Crippen molar-refractivity contribution < 1.29 is 13.2 Å². The number of pyridine rings is 1. The van der Waals surface area contributed by atoms with E-state index < -0.39 is 11.9 Å². The van der Waals surface area contributed by atoms with Gasteiger partial charge in [0.25, 0.3) is 0 Å². The highest BCUT2D eigenvalue weighted by Crippen LogP contribution is 2.27. The average molecular weight is 240 g/mol. The van der Waals surface area contributed by atoms with Crippen molar-refractivity contribution in [3.8, 4) is 0 Å². The van der Waals surface area contributed by atoms with Crippen LogP contribution in [0.4, 0.5) is 13.2 Å². The van der Waals surface area contributed by atoms with Crippen LogP contribution in [-0.2, 0) is 12.7 Å². The number of hydrogen-bond acceptors (Lipinski definition) is 1. The van der Waals surface area contributed by atoms with Crippen molar-refractivity contribution in [3.05, 3.63) is 53.6 Å². The number of hydrogen-bond donors (Lipinski definition) is 0. The van der Waals surface area contributed by atoms with Gasteiger partial charge < -0.3 is 4.57 Å². The lowest BCUT2D eigenvalue weighted by Crippen LogP contribution is -2.08. The van der Waals surface area contributed by atoms with Gasteiger partial charge in [0, 0.05) is 24.6 Å². The predicted octanol–water partition coefficient (Wildman–Crippen LogP) is 3.26. The van der Waals surface area contributed by atoms with Crippen LogP contribution in [0.2, 0.25) is 0 Å². The Balaban J connectivity index is 2.17. The van der Waals surface area contributed by atoms with Crippen molar-refractivity contribution >= 4 is 0 Å². The fraction of sp³-hybridized carbons (Fsp3) is 0.250. The van der Waals surface area contributed by atoms with Crippen molar-refractivity contribution in [2.24, 2.45) is 0 Å². The Morgan fingerprint density at radius 1 is 1.24 bits per heavy atom. The van der Waals surface area contributed by atoms with Crippen LogP contribution < -0.4 is 0 Å². The summed E-state index contributed by atoms with van der Waals surface area (Å²) in [6.07, 6.45) is -1.23. The summed E-state index contributed by atoms with van der Waals surface area (Å²) in [6, 6.07) is 6.30. The minimum atomic E-state index is -4.37. The molecule has 0 saturated heterocycles. The maximum atomic E-state index is 12.3. The Bertz CT molecular complexity index is 497. The first-order valence-corrected chi connectivity index (χ1v) is 5.11. The molecule has 0 amide bonds. The lowest BCUT2D eigenvalue weighted by atomic mass is 10.2. The van der Waals surface area contributed by atoms with Gasteiger partial charge in [-0.2, -0.15) is 13.2 Å². The molecule has 17 heavy (non-hydrogen) atoms. The average Bonchev–Trinajstić information content (AvgIpc) is 2.64. The third-order valence-corrected chi connectivity index (χ3v) is 2.52. The molecule has 0 bridgehead atoms. The van der Waals surface area contributed by atoms with Gasteiger partial charge in [0.2, 0.25) is 0 Å². The standard InChI is InChI=1S/C12H11F3N2/c1-9-3-2-6-17(9)8-10-4-5-11(16-7-10)12(13,14)15/h2-7H,8H2,1H3. The Morgan fingerprint density at radius 2 is 2.00 bits per heavy atom. The zero-order valence-electron chi connectivity index (χ0n) is 9.20. The molecule has 2 nitrogen and oxygen atoms in total. The van der Waals surface area contributed by atoms with Crippen molar-refractivity contribution in [2.45, 2.75) is 19.6 Å². The van der Waals surface area contributed by atoms with Gasteiger partial charge in [0.15, 0.2) is 0 Å². The van der Waals surface area contributed by atoms with Gasteiger partial charge in [0.05, 0.1) is 0 Å². The third kappa shape index (κ3) is 2.67. The monoisotopic (exact) mass is 240 g/mol. The van der Waals surface area contributed by atoms with Crippen LogP contribution in [0.1, 0.15) is 17.0 Å². The predicted molar refractivity (Wildman–Crippen MR) is 57.5 cm³/mol. The molecule has 0 saturated carbocycles. The maximum Gasteiger partial charge on any atom is 0.433 e.